The first-order valence-electron chi connectivity index (χ1n) is 8.54. The highest BCUT2D eigenvalue weighted by molar-refractivity contribution is 7.89. The van der Waals surface area contributed by atoms with Crippen LogP contribution in [0.4, 0.5) is 4.39 Å². The smallest absolute Gasteiger partial charge is 0.244 e. The molecule has 0 aliphatic carbocycles. The Labute approximate surface area is 163 Å². The molecule has 2 aromatic rings. The van der Waals surface area contributed by atoms with E-state index in [1.807, 2.05) is 6.07 Å². The fourth-order valence-electron chi connectivity index (χ4n) is 2.53. The zero-order valence-corrected chi connectivity index (χ0v) is 16.7. The fraction of sp³-hybridized carbons (Fsp3) is 0.316. The Morgan fingerprint density at radius 2 is 1.79 bits per heavy atom. The van der Waals surface area contributed by atoms with Crippen LogP contribution >= 0.6 is 0 Å². The standard InChI is InChI=1S/C19H23FN2O5S/c1-13(22-28(24,25)18-7-5-4-6-15(18)20)19(23)21-11-10-14-8-9-16(26-2)17(12-14)27-3/h4-9,12-13,22H,10-11H2,1-3H3,(H,21,23)/t13-/m0/s1. The molecule has 2 N–H and O–H groups in total. The molecule has 2 aromatic carbocycles. The molecule has 0 spiro atoms. The summed E-state index contributed by atoms with van der Waals surface area (Å²) in [4.78, 5) is 11.7. The lowest BCUT2D eigenvalue weighted by Crippen LogP contribution is -2.45. The highest BCUT2D eigenvalue weighted by Gasteiger charge is 2.24. The van der Waals surface area contributed by atoms with Crippen LogP contribution in [0.5, 0.6) is 11.5 Å². The molecule has 152 valence electrons. The predicted octanol–water partition coefficient (Wildman–Crippen LogP) is 1.87. The van der Waals surface area contributed by atoms with Crippen molar-refractivity contribution in [1.82, 2.24) is 10.0 Å². The summed E-state index contributed by atoms with van der Waals surface area (Å²) in [5, 5.41) is 2.65. The number of hydrogen-bond acceptors (Lipinski definition) is 5. The van der Waals surface area contributed by atoms with Crippen LogP contribution in [-0.2, 0) is 21.2 Å². The van der Waals surface area contributed by atoms with E-state index in [0.29, 0.717) is 24.5 Å². The largest absolute Gasteiger partial charge is 0.493 e. The first kappa shape index (κ1) is 21.6. The lowest BCUT2D eigenvalue weighted by Gasteiger charge is -2.15. The van der Waals surface area contributed by atoms with Crippen LogP contribution in [-0.4, -0.2) is 41.1 Å². The third kappa shape index (κ3) is 5.43. The van der Waals surface area contributed by atoms with E-state index in [2.05, 4.69) is 10.0 Å². The maximum Gasteiger partial charge on any atom is 0.244 e. The van der Waals surface area contributed by atoms with Crippen molar-refractivity contribution in [1.29, 1.82) is 0 Å². The number of benzene rings is 2. The van der Waals surface area contributed by atoms with E-state index in [9.17, 15) is 17.6 Å². The summed E-state index contributed by atoms with van der Waals surface area (Å²) in [6.07, 6.45) is 0.513. The molecular weight excluding hydrogens is 387 g/mol. The Kier molecular flexibility index (Phi) is 7.36. The number of rotatable bonds is 9. The van der Waals surface area contributed by atoms with Gasteiger partial charge in [-0.15, -0.1) is 0 Å². The normalized spacial score (nSPS) is 12.3. The number of carbonyl (C=O) groups is 1. The average Bonchev–Trinajstić information content (AvgIpc) is 2.67. The van der Waals surface area contributed by atoms with Crippen LogP contribution in [0.1, 0.15) is 12.5 Å². The highest BCUT2D eigenvalue weighted by Crippen LogP contribution is 2.27. The van der Waals surface area contributed by atoms with Gasteiger partial charge in [-0.3, -0.25) is 4.79 Å². The lowest BCUT2D eigenvalue weighted by molar-refractivity contribution is -0.122. The number of sulfonamides is 1. The second kappa shape index (κ2) is 9.52. The average molecular weight is 410 g/mol. The Bertz CT molecular complexity index is 934. The summed E-state index contributed by atoms with van der Waals surface area (Å²) in [6.45, 7) is 1.68. The first-order chi connectivity index (χ1) is 13.3. The van der Waals surface area contributed by atoms with E-state index in [1.165, 1.54) is 26.2 Å². The molecule has 7 nitrogen and oxygen atoms in total. The van der Waals surface area contributed by atoms with E-state index in [0.717, 1.165) is 17.7 Å². The van der Waals surface area contributed by atoms with Crippen LogP contribution in [0, 0.1) is 5.82 Å². The molecule has 9 heteroatoms. The minimum atomic E-state index is -4.15. The molecule has 28 heavy (non-hydrogen) atoms. The Morgan fingerprint density at radius 1 is 1.11 bits per heavy atom. The number of ether oxygens (including phenoxy) is 2. The molecule has 1 amide bonds. The van der Waals surface area contributed by atoms with Gasteiger partial charge in [-0.1, -0.05) is 18.2 Å². The van der Waals surface area contributed by atoms with Crippen molar-refractivity contribution in [3.8, 4) is 11.5 Å². The maximum atomic E-state index is 13.7. The predicted molar refractivity (Wildman–Crippen MR) is 102 cm³/mol. The second-order valence-corrected chi connectivity index (χ2v) is 7.69. The minimum Gasteiger partial charge on any atom is -0.493 e. The van der Waals surface area contributed by atoms with Crippen LogP contribution in [0.25, 0.3) is 0 Å². The van der Waals surface area contributed by atoms with Crippen LogP contribution < -0.4 is 19.5 Å². The van der Waals surface area contributed by atoms with Crippen LogP contribution in [0.15, 0.2) is 47.4 Å². The summed E-state index contributed by atoms with van der Waals surface area (Å²) in [5.41, 5.74) is 0.914. The summed E-state index contributed by atoms with van der Waals surface area (Å²) in [5.74, 6) is -0.208. The molecule has 0 radical (unpaired) electrons. The van der Waals surface area contributed by atoms with Crippen molar-refractivity contribution in [3.63, 3.8) is 0 Å². The lowest BCUT2D eigenvalue weighted by atomic mass is 10.1. The van der Waals surface area contributed by atoms with E-state index in [-0.39, 0.29) is 0 Å². The second-order valence-electron chi connectivity index (χ2n) is 6.00. The summed E-state index contributed by atoms with van der Waals surface area (Å²) in [6, 6.07) is 9.33. The number of hydrogen-bond donors (Lipinski definition) is 2. The van der Waals surface area contributed by atoms with Gasteiger partial charge in [0.05, 0.1) is 20.3 Å². The van der Waals surface area contributed by atoms with Gasteiger partial charge < -0.3 is 14.8 Å². The minimum absolute atomic E-state index is 0.292. The van der Waals surface area contributed by atoms with Crippen LogP contribution in [0.3, 0.4) is 0 Å². The molecule has 0 saturated heterocycles. The van der Waals surface area contributed by atoms with Gasteiger partial charge in [0.2, 0.25) is 15.9 Å². The van der Waals surface area contributed by atoms with E-state index in [1.54, 1.807) is 19.2 Å². The van der Waals surface area contributed by atoms with E-state index >= 15 is 0 Å². The molecule has 0 aromatic heterocycles. The van der Waals surface area contributed by atoms with Crippen molar-refractivity contribution in [2.75, 3.05) is 20.8 Å². The van der Waals surface area contributed by atoms with E-state index < -0.39 is 32.7 Å². The van der Waals surface area contributed by atoms with Crippen molar-refractivity contribution in [2.45, 2.75) is 24.3 Å². The number of carbonyl (C=O) groups excluding carboxylic acids is 1. The van der Waals surface area contributed by atoms with Gasteiger partial charge in [-0.25, -0.2) is 12.8 Å². The molecule has 1 atom stereocenters. The molecular formula is C19H23FN2O5S. The Morgan fingerprint density at radius 3 is 2.43 bits per heavy atom. The Hall–Kier alpha value is -2.65. The Balaban J connectivity index is 1.92. The van der Waals surface area contributed by atoms with Gasteiger partial charge >= 0.3 is 0 Å². The van der Waals surface area contributed by atoms with Gasteiger partial charge in [-0.2, -0.15) is 4.72 Å². The summed E-state index contributed by atoms with van der Waals surface area (Å²) < 4.78 is 50.8. The van der Waals surface area contributed by atoms with Crippen molar-refractivity contribution in [2.24, 2.45) is 0 Å². The van der Waals surface area contributed by atoms with Crippen LogP contribution in [0.2, 0.25) is 0 Å². The highest BCUT2D eigenvalue weighted by atomic mass is 32.2. The zero-order chi connectivity index (χ0) is 20.7. The number of methoxy groups -OCH3 is 2. The first-order valence-corrected chi connectivity index (χ1v) is 10.0. The SMILES string of the molecule is COc1ccc(CCNC(=O)[C@H](C)NS(=O)(=O)c2ccccc2F)cc1OC. The number of halogens is 1. The van der Waals surface area contributed by atoms with Gasteiger partial charge in [-0.05, 0) is 43.2 Å². The molecule has 2 rings (SSSR count). The topological polar surface area (TPSA) is 93.7 Å². The quantitative estimate of drug-likeness (QED) is 0.658. The van der Waals surface area contributed by atoms with Gasteiger partial charge in [0.15, 0.2) is 11.5 Å². The third-order valence-corrected chi connectivity index (χ3v) is 5.59. The van der Waals surface area contributed by atoms with Crippen molar-refractivity contribution < 1.29 is 27.1 Å². The molecule has 0 saturated carbocycles. The van der Waals surface area contributed by atoms with Gasteiger partial charge in [0.1, 0.15) is 10.7 Å². The van der Waals surface area contributed by atoms with Crippen molar-refractivity contribution >= 4 is 15.9 Å². The third-order valence-electron chi connectivity index (χ3n) is 4.01. The molecule has 0 unspecified atom stereocenters. The molecule has 0 aliphatic heterocycles. The zero-order valence-electron chi connectivity index (χ0n) is 15.9. The monoisotopic (exact) mass is 410 g/mol. The number of nitrogens with one attached hydrogen (secondary N) is 2. The number of amides is 1. The van der Waals surface area contributed by atoms with Gasteiger partial charge in [0.25, 0.3) is 0 Å². The maximum absolute atomic E-state index is 13.7. The fourth-order valence-corrected chi connectivity index (χ4v) is 3.81. The van der Waals surface area contributed by atoms with Gasteiger partial charge in [0, 0.05) is 6.54 Å². The summed E-state index contributed by atoms with van der Waals surface area (Å²) in [7, 11) is -1.07. The van der Waals surface area contributed by atoms with E-state index in [4.69, 9.17) is 9.47 Å². The van der Waals surface area contributed by atoms with Crippen molar-refractivity contribution in [3.05, 3.63) is 53.8 Å². The molecule has 0 aliphatic rings. The molecule has 0 bridgehead atoms. The molecule has 0 heterocycles. The molecule has 0 fully saturated rings. The summed E-state index contributed by atoms with van der Waals surface area (Å²) >= 11 is 0.